The molecule has 0 bridgehead atoms. The Kier molecular flexibility index (Phi) is 7.79. The van der Waals surface area contributed by atoms with E-state index in [1.165, 1.54) is 22.7 Å². The SMILES string of the molecule is Cc1c(-c2cc(-c3ccc(-c4ccc(CC(C)(C)C)cc4)cc3)c(C(F)(F)F)c[n+]2C)cc(C(C)(C)C)c2ccccc12. The van der Waals surface area contributed by atoms with Crippen LogP contribution in [0.2, 0.25) is 0 Å². The van der Waals surface area contributed by atoms with Crippen LogP contribution < -0.4 is 4.57 Å². The summed E-state index contributed by atoms with van der Waals surface area (Å²) in [6.07, 6.45) is -2.28. The second-order valence-corrected chi connectivity index (χ2v) is 14.0. The molecule has 0 aliphatic rings. The Balaban J connectivity index is 1.63. The van der Waals surface area contributed by atoms with Crippen molar-refractivity contribution in [2.75, 3.05) is 0 Å². The third kappa shape index (κ3) is 6.39. The van der Waals surface area contributed by atoms with Crippen LogP contribution in [0, 0.1) is 12.3 Å². The molecule has 0 spiro atoms. The topological polar surface area (TPSA) is 3.88 Å². The lowest BCUT2D eigenvalue weighted by Gasteiger charge is -2.24. The zero-order chi connectivity index (χ0) is 31.3. The number of fused-ring (bicyclic) bond motifs is 1. The number of nitrogens with zero attached hydrogens (tertiary/aromatic N) is 1. The van der Waals surface area contributed by atoms with Crippen molar-refractivity contribution in [1.29, 1.82) is 0 Å². The Morgan fingerprint density at radius 1 is 0.628 bits per heavy atom. The van der Waals surface area contributed by atoms with E-state index in [0.717, 1.165) is 39.8 Å². The summed E-state index contributed by atoms with van der Waals surface area (Å²) >= 11 is 0. The van der Waals surface area contributed by atoms with Gasteiger partial charge in [-0.1, -0.05) is 114 Å². The summed E-state index contributed by atoms with van der Waals surface area (Å²) < 4.78 is 44.9. The first-order chi connectivity index (χ1) is 20.0. The van der Waals surface area contributed by atoms with Crippen LogP contribution in [0.1, 0.15) is 63.8 Å². The Morgan fingerprint density at radius 2 is 1.16 bits per heavy atom. The van der Waals surface area contributed by atoms with E-state index in [9.17, 15) is 13.2 Å². The highest BCUT2D eigenvalue weighted by Gasteiger charge is 2.38. The lowest BCUT2D eigenvalue weighted by Crippen LogP contribution is -2.33. The van der Waals surface area contributed by atoms with Gasteiger partial charge in [0.05, 0.1) is 0 Å². The van der Waals surface area contributed by atoms with E-state index >= 15 is 0 Å². The largest absolute Gasteiger partial charge is 0.422 e. The van der Waals surface area contributed by atoms with Crippen molar-refractivity contribution in [3.63, 3.8) is 0 Å². The molecule has 0 atom stereocenters. The summed E-state index contributed by atoms with van der Waals surface area (Å²) in [5, 5.41) is 2.29. The molecule has 0 unspecified atom stereocenters. The summed E-state index contributed by atoms with van der Waals surface area (Å²) in [6, 6.07) is 28.1. The van der Waals surface area contributed by atoms with Gasteiger partial charge in [-0.15, -0.1) is 0 Å². The molecule has 222 valence electrons. The summed E-state index contributed by atoms with van der Waals surface area (Å²) in [5.41, 5.74) is 7.32. The van der Waals surface area contributed by atoms with Crippen molar-refractivity contribution in [3.8, 4) is 33.5 Å². The van der Waals surface area contributed by atoms with Crippen molar-refractivity contribution >= 4 is 10.8 Å². The van der Waals surface area contributed by atoms with E-state index in [0.29, 0.717) is 5.56 Å². The zero-order valence-electron chi connectivity index (χ0n) is 26.4. The van der Waals surface area contributed by atoms with E-state index in [1.807, 2.05) is 24.3 Å². The Bertz CT molecular complexity index is 1780. The van der Waals surface area contributed by atoms with Crippen LogP contribution in [0.25, 0.3) is 44.3 Å². The molecule has 0 amide bonds. The fourth-order valence-corrected chi connectivity index (χ4v) is 6.06. The molecule has 4 heteroatoms. The highest BCUT2D eigenvalue weighted by Crippen LogP contribution is 2.41. The number of aromatic nitrogens is 1. The van der Waals surface area contributed by atoms with E-state index < -0.39 is 11.7 Å². The molecular formula is C39H41F3N+. The van der Waals surface area contributed by atoms with Gasteiger partial charge in [0.25, 0.3) is 0 Å². The zero-order valence-corrected chi connectivity index (χ0v) is 26.4. The summed E-state index contributed by atoms with van der Waals surface area (Å²) in [6.45, 7) is 15.2. The molecule has 0 aliphatic carbocycles. The lowest BCUT2D eigenvalue weighted by molar-refractivity contribution is -0.661. The molecule has 0 saturated heterocycles. The predicted molar refractivity (Wildman–Crippen MR) is 173 cm³/mol. The van der Waals surface area contributed by atoms with Gasteiger partial charge < -0.3 is 0 Å². The highest BCUT2D eigenvalue weighted by atomic mass is 19.4. The van der Waals surface area contributed by atoms with Gasteiger partial charge in [-0.2, -0.15) is 13.2 Å². The molecule has 0 N–H and O–H groups in total. The van der Waals surface area contributed by atoms with Crippen molar-refractivity contribution < 1.29 is 17.7 Å². The first-order valence-corrected chi connectivity index (χ1v) is 14.9. The van der Waals surface area contributed by atoms with Crippen LogP contribution >= 0.6 is 0 Å². The number of alkyl halides is 3. The average Bonchev–Trinajstić information content (AvgIpc) is 2.92. The van der Waals surface area contributed by atoms with Gasteiger partial charge in [0, 0.05) is 17.2 Å². The number of halogens is 3. The maximum Gasteiger partial charge on any atom is 0.422 e. The number of rotatable bonds is 4. The second kappa shape index (κ2) is 11.0. The van der Waals surface area contributed by atoms with Crippen LogP contribution in [-0.2, 0) is 25.1 Å². The number of benzene rings is 4. The Hall–Kier alpha value is -3.92. The molecule has 5 rings (SSSR count). The normalized spacial score (nSPS) is 12.6. The standard InChI is InChI=1S/C39H41F3N/c1-25-30-11-9-10-12-31(30)34(38(5,6)7)21-32(25)36-22-33(35(24-43(36)8)39(40,41)42)29-19-17-28(18-20-29)27-15-13-26(14-16-27)23-37(2,3)4/h9-22,24H,23H2,1-8H3/q+1. The van der Waals surface area contributed by atoms with Crippen LogP contribution in [0.5, 0.6) is 0 Å². The third-order valence-corrected chi connectivity index (χ3v) is 8.19. The van der Waals surface area contributed by atoms with Gasteiger partial charge in [0.1, 0.15) is 12.6 Å². The van der Waals surface area contributed by atoms with E-state index in [1.54, 1.807) is 29.8 Å². The average molecular weight is 581 g/mol. The van der Waals surface area contributed by atoms with Crippen LogP contribution in [0.4, 0.5) is 13.2 Å². The van der Waals surface area contributed by atoms with Crippen LogP contribution in [0.3, 0.4) is 0 Å². The van der Waals surface area contributed by atoms with Gasteiger partial charge in [-0.3, -0.25) is 0 Å². The number of hydrogen-bond donors (Lipinski definition) is 0. The lowest BCUT2D eigenvalue weighted by atomic mass is 9.80. The number of hydrogen-bond acceptors (Lipinski definition) is 0. The molecule has 5 aromatic rings. The van der Waals surface area contributed by atoms with Crippen molar-refractivity contribution in [3.05, 3.63) is 113 Å². The van der Waals surface area contributed by atoms with Gasteiger partial charge >= 0.3 is 6.18 Å². The summed E-state index contributed by atoms with van der Waals surface area (Å²) in [4.78, 5) is 0. The second-order valence-electron chi connectivity index (χ2n) is 14.0. The number of pyridine rings is 1. The monoisotopic (exact) mass is 580 g/mol. The fraction of sp³-hybridized carbons (Fsp3) is 0.308. The third-order valence-electron chi connectivity index (χ3n) is 8.19. The molecule has 0 radical (unpaired) electrons. The predicted octanol–water partition coefficient (Wildman–Crippen LogP) is 10.9. The highest BCUT2D eigenvalue weighted by molar-refractivity contribution is 5.94. The maximum absolute atomic E-state index is 14.4. The van der Waals surface area contributed by atoms with Crippen molar-refractivity contribution in [2.24, 2.45) is 12.5 Å². The maximum atomic E-state index is 14.4. The molecular weight excluding hydrogens is 539 g/mol. The van der Waals surface area contributed by atoms with Gasteiger partial charge in [0.15, 0.2) is 6.20 Å². The van der Waals surface area contributed by atoms with E-state index in [2.05, 4.69) is 90.9 Å². The van der Waals surface area contributed by atoms with Gasteiger partial charge in [-0.05, 0) is 74.4 Å². The molecule has 1 heterocycles. The smallest absolute Gasteiger partial charge is 0.200 e. The van der Waals surface area contributed by atoms with E-state index in [-0.39, 0.29) is 16.4 Å². The first kappa shape index (κ1) is 30.5. The van der Waals surface area contributed by atoms with Gasteiger partial charge in [0.2, 0.25) is 5.69 Å². The minimum Gasteiger partial charge on any atom is -0.200 e. The minimum absolute atomic E-state index is 0.143. The molecule has 43 heavy (non-hydrogen) atoms. The summed E-state index contributed by atoms with van der Waals surface area (Å²) in [7, 11) is 1.70. The quantitative estimate of drug-likeness (QED) is 0.186. The molecule has 0 fully saturated rings. The Morgan fingerprint density at radius 3 is 1.70 bits per heavy atom. The van der Waals surface area contributed by atoms with Crippen LogP contribution in [0.15, 0.2) is 91.1 Å². The molecule has 0 saturated carbocycles. The van der Waals surface area contributed by atoms with E-state index in [4.69, 9.17) is 0 Å². The fourth-order valence-electron chi connectivity index (χ4n) is 6.06. The molecule has 0 aliphatic heterocycles. The number of aryl methyl sites for hydroxylation is 2. The van der Waals surface area contributed by atoms with Crippen molar-refractivity contribution in [1.82, 2.24) is 0 Å². The Labute approximate surface area is 254 Å². The first-order valence-electron chi connectivity index (χ1n) is 14.9. The molecule has 1 nitrogen and oxygen atoms in total. The molecule has 1 aromatic heterocycles. The van der Waals surface area contributed by atoms with Crippen molar-refractivity contribution in [2.45, 2.75) is 66.5 Å². The van der Waals surface area contributed by atoms with Gasteiger partial charge in [-0.25, -0.2) is 4.57 Å². The summed E-state index contributed by atoms with van der Waals surface area (Å²) in [5.74, 6) is 0. The van der Waals surface area contributed by atoms with Crippen LogP contribution in [-0.4, -0.2) is 0 Å². The molecule has 4 aromatic carbocycles. The minimum atomic E-state index is -4.50.